The lowest BCUT2D eigenvalue weighted by Crippen LogP contribution is -2.34. The molecule has 0 amide bonds. The molecule has 1 heterocycles. The van der Waals surface area contributed by atoms with Crippen LogP contribution in [0.3, 0.4) is 0 Å². The molecule has 0 aromatic rings. The van der Waals surface area contributed by atoms with Crippen LogP contribution >= 0.6 is 11.8 Å². The van der Waals surface area contributed by atoms with Crippen molar-refractivity contribution in [1.29, 1.82) is 0 Å². The lowest BCUT2D eigenvalue weighted by Gasteiger charge is -2.23. The average molecular weight is 262 g/mol. The van der Waals surface area contributed by atoms with Crippen molar-refractivity contribution >= 4 is 23.7 Å². The Balaban J connectivity index is 2.41. The Labute approximate surface area is 105 Å². The Hall–Kier alpha value is -0.750. The van der Waals surface area contributed by atoms with Crippen molar-refractivity contribution in [3.05, 3.63) is 0 Å². The molecular weight excluding hydrogens is 244 g/mol. The summed E-state index contributed by atoms with van der Waals surface area (Å²) in [5.74, 6) is 0.278. The first-order valence-corrected chi connectivity index (χ1v) is 6.69. The second-order valence-electron chi connectivity index (χ2n) is 4.51. The standard InChI is InChI=1S/C11H18O5S/c1-11(2,7-17-6-4-12)10(14)16-8-3-5-15-9(8)13/h8,12H,3-7H2,1-2H3. The summed E-state index contributed by atoms with van der Waals surface area (Å²) >= 11 is 1.48. The molecule has 1 aliphatic heterocycles. The van der Waals surface area contributed by atoms with Crippen molar-refractivity contribution in [2.45, 2.75) is 26.4 Å². The quantitative estimate of drug-likeness (QED) is 0.558. The molecule has 0 bridgehead atoms. The van der Waals surface area contributed by atoms with E-state index in [4.69, 9.17) is 14.6 Å². The minimum Gasteiger partial charge on any atom is -0.463 e. The number of rotatable bonds is 6. The number of esters is 2. The van der Waals surface area contributed by atoms with Gasteiger partial charge in [-0.15, -0.1) is 0 Å². The molecule has 0 aliphatic carbocycles. The van der Waals surface area contributed by atoms with E-state index in [1.165, 1.54) is 11.8 Å². The first kappa shape index (κ1) is 14.3. The van der Waals surface area contributed by atoms with Gasteiger partial charge in [-0.2, -0.15) is 11.8 Å². The molecule has 1 saturated heterocycles. The number of cyclic esters (lactones) is 1. The van der Waals surface area contributed by atoms with Crippen LogP contribution in [0.4, 0.5) is 0 Å². The summed E-state index contributed by atoms with van der Waals surface area (Å²) in [5.41, 5.74) is -0.664. The Morgan fingerprint density at radius 3 is 2.88 bits per heavy atom. The fourth-order valence-corrected chi connectivity index (χ4v) is 2.23. The van der Waals surface area contributed by atoms with E-state index >= 15 is 0 Å². The molecule has 1 rings (SSSR count). The number of carbonyl (C=O) groups is 2. The highest BCUT2D eigenvalue weighted by atomic mass is 32.2. The van der Waals surface area contributed by atoms with Gasteiger partial charge in [0.15, 0.2) is 0 Å². The highest BCUT2D eigenvalue weighted by Crippen LogP contribution is 2.25. The molecule has 0 saturated carbocycles. The maximum absolute atomic E-state index is 11.9. The number of hydrogen-bond donors (Lipinski definition) is 1. The minimum atomic E-state index is -0.746. The smallest absolute Gasteiger partial charge is 0.347 e. The molecule has 0 spiro atoms. The van der Waals surface area contributed by atoms with Crippen molar-refractivity contribution in [3.63, 3.8) is 0 Å². The molecule has 0 aromatic heterocycles. The molecule has 6 heteroatoms. The van der Waals surface area contributed by atoms with Crippen LogP contribution in [-0.4, -0.2) is 47.9 Å². The zero-order valence-electron chi connectivity index (χ0n) is 10.1. The van der Waals surface area contributed by atoms with Crippen LogP contribution < -0.4 is 0 Å². The molecule has 0 radical (unpaired) electrons. The van der Waals surface area contributed by atoms with Gasteiger partial charge >= 0.3 is 11.9 Å². The van der Waals surface area contributed by atoms with Crippen molar-refractivity contribution in [1.82, 2.24) is 0 Å². The maximum Gasteiger partial charge on any atom is 0.347 e. The summed E-state index contributed by atoms with van der Waals surface area (Å²) in [6, 6.07) is 0. The fourth-order valence-electron chi connectivity index (χ4n) is 1.32. The number of hydrogen-bond acceptors (Lipinski definition) is 6. The van der Waals surface area contributed by atoms with Crippen LogP contribution in [0.15, 0.2) is 0 Å². The predicted octanol–water partition coefficient (Wildman–Crippen LogP) is 0.597. The van der Waals surface area contributed by atoms with E-state index in [0.29, 0.717) is 24.5 Å². The molecule has 5 nitrogen and oxygen atoms in total. The van der Waals surface area contributed by atoms with E-state index in [2.05, 4.69) is 0 Å². The lowest BCUT2D eigenvalue weighted by atomic mass is 9.97. The Kier molecular flexibility index (Phi) is 5.27. The summed E-state index contributed by atoms with van der Waals surface area (Å²) in [6.45, 7) is 3.93. The van der Waals surface area contributed by atoms with Gasteiger partial charge in [-0.3, -0.25) is 4.79 Å². The third-order valence-corrected chi connectivity index (χ3v) is 3.78. The highest BCUT2D eigenvalue weighted by Gasteiger charge is 2.36. The van der Waals surface area contributed by atoms with Gasteiger partial charge in [-0.05, 0) is 13.8 Å². The molecule has 1 aliphatic rings. The van der Waals surface area contributed by atoms with Gasteiger partial charge in [0.05, 0.1) is 18.6 Å². The van der Waals surface area contributed by atoms with Gasteiger partial charge < -0.3 is 14.6 Å². The molecule has 0 aromatic carbocycles. The first-order chi connectivity index (χ1) is 7.97. The molecule has 1 N–H and O–H groups in total. The fraction of sp³-hybridized carbons (Fsp3) is 0.818. The molecule has 1 atom stereocenters. The topological polar surface area (TPSA) is 72.8 Å². The monoisotopic (exact) mass is 262 g/mol. The molecule has 1 fully saturated rings. The van der Waals surface area contributed by atoms with Gasteiger partial charge in [-0.25, -0.2) is 4.79 Å². The van der Waals surface area contributed by atoms with E-state index in [0.717, 1.165) is 0 Å². The molecule has 1 unspecified atom stereocenters. The summed E-state index contributed by atoms with van der Waals surface area (Å²) in [6.07, 6.45) is -0.311. The summed E-state index contributed by atoms with van der Waals surface area (Å²) in [4.78, 5) is 23.0. The van der Waals surface area contributed by atoms with E-state index < -0.39 is 23.5 Å². The second kappa shape index (κ2) is 6.26. The van der Waals surface area contributed by atoms with Crippen molar-refractivity contribution < 1.29 is 24.2 Å². The summed E-state index contributed by atoms with van der Waals surface area (Å²) in [7, 11) is 0. The Bertz CT molecular complexity index is 290. The molecule has 98 valence electrons. The SMILES string of the molecule is CC(C)(CSCCO)C(=O)OC1CCOC1=O. The van der Waals surface area contributed by atoms with Crippen molar-refractivity contribution in [3.8, 4) is 0 Å². The van der Waals surface area contributed by atoms with Crippen molar-refractivity contribution in [2.75, 3.05) is 24.7 Å². The normalized spacial score (nSPS) is 20.2. The second-order valence-corrected chi connectivity index (χ2v) is 5.62. The summed E-state index contributed by atoms with van der Waals surface area (Å²) in [5, 5.41) is 8.67. The Morgan fingerprint density at radius 2 is 2.35 bits per heavy atom. The minimum absolute atomic E-state index is 0.0880. The Morgan fingerprint density at radius 1 is 1.65 bits per heavy atom. The summed E-state index contributed by atoms with van der Waals surface area (Å²) < 4.78 is 9.85. The van der Waals surface area contributed by atoms with E-state index in [-0.39, 0.29) is 6.61 Å². The first-order valence-electron chi connectivity index (χ1n) is 5.53. The van der Waals surface area contributed by atoms with Gasteiger partial charge in [0, 0.05) is 17.9 Å². The van der Waals surface area contributed by atoms with Gasteiger partial charge in [0.2, 0.25) is 6.10 Å². The van der Waals surface area contributed by atoms with Gasteiger partial charge in [-0.1, -0.05) is 0 Å². The van der Waals surface area contributed by atoms with E-state index in [1.54, 1.807) is 13.8 Å². The number of aliphatic hydroxyl groups is 1. The van der Waals surface area contributed by atoms with Crippen LogP contribution in [0, 0.1) is 5.41 Å². The van der Waals surface area contributed by atoms with Gasteiger partial charge in [0.1, 0.15) is 0 Å². The average Bonchev–Trinajstić information content (AvgIpc) is 2.64. The largest absolute Gasteiger partial charge is 0.463 e. The molecule has 17 heavy (non-hydrogen) atoms. The third kappa shape index (κ3) is 4.20. The predicted molar refractivity (Wildman–Crippen MR) is 63.6 cm³/mol. The zero-order valence-corrected chi connectivity index (χ0v) is 10.9. The number of thioether (sulfide) groups is 1. The molecular formula is C11H18O5S. The maximum atomic E-state index is 11.9. The van der Waals surface area contributed by atoms with Crippen LogP contribution in [0.5, 0.6) is 0 Å². The van der Waals surface area contributed by atoms with Crippen LogP contribution in [-0.2, 0) is 19.1 Å². The third-order valence-electron chi connectivity index (χ3n) is 2.39. The lowest BCUT2D eigenvalue weighted by molar-refractivity contribution is -0.166. The van der Waals surface area contributed by atoms with Gasteiger partial charge in [0.25, 0.3) is 0 Å². The van der Waals surface area contributed by atoms with E-state index in [9.17, 15) is 9.59 Å². The van der Waals surface area contributed by atoms with Crippen LogP contribution in [0.2, 0.25) is 0 Å². The zero-order chi connectivity index (χ0) is 12.9. The number of carbonyl (C=O) groups excluding carboxylic acids is 2. The number of ether oxygens (including phenoxy) is 2. The van der Waals surface area contributed by atoms with Crippen molar-refractivity contribution in [2.24, 2.45) is 5.41 Å². The van der Waals surface area contributed by atoms with E-state index in [1.807, 2.05) is 0 Å². The number of aliphatic hydroxyl groups excluding tert-OH is 1. The highest BCUT2D eigenvalue weighted by molar-refractivity contribution is 7.99. The van der Waals surface area contributed by atoms with Crippen LogP contribution in [0.25, 0.3) is 0 Å². The van der Waals surface area contributed by atoms with Crippen LogP contribution in [0.1, 0.15) is 20.3 Å².